The van der Waals surface area contributed by atoms with Crippen LogP contribution >= 0.6 is 0 Å². The summed E-state index contributed by atoms with van der Waals surface area (Å²) in [5, 5.41) is 0. The smallest absolute Gasteiger partial charge is 0.663 e. The molecule has 2 unspecified atom stereocenters. The van der Waals surface area contributed by atoms with Gasteiger partial charge in [0.05, 0.1) is 30.1 Å². The molecule has 0 spiro atoms. The fraction of sp³-hybridized carbons (Fsp3) is 0.455. The quantitative estimate of drug-likeness (QED) is 0.298. The van der Waals surface area contributed by atoms with Crippen LogP contribution in [0.15, 0.2) is 18.2 Å². The van der Waals surface area contributed by atoms with Gasteiger partial charge in [0.15, 0.2) is 5.78 Å². The number of allylic oxidation sites excluding steroid dienone is 2. The molecule has 0 amide bonds. The molecule has 0 fully saturated rings. The molecule has 0 aromatic carbocycles. The monoisotopic (exact) mass is 594 g/mol. The van der Waals surface area contributed by atoms with Gasteiger partial charge in [-0.1, -0.05) is 57.0 Å². The molecule has 0 saturated carbocycles. The number of carbonyl (C=O) groups excluding carboxylic acids is 2. The van der Waals surface area contributed by atoms with Crippen LogP contribution in [0.25, 0.3) is 22.2 Å². The first-order valence-corrected chi connectivity index (χ1v) is 14.4. The third-order valence-corrected chi connectivity index (χ3v) is 9.43. The van der Waals surface area contributed by atoms with Gasteiger partial charge in [-0.3, -0.25) is 14.6 Å². The van der Waals surface area contributed by atoms with Crippen LogP contribution in [0.4, 0.5) is 0 Å². The molecule has 3 aliphatic heterocycles. The summed E-state index contributed by atoms with van der Waals surface area (Å²) in [5.41, 5.74) is 11.7. The minimum Gasteiger partial charge on any atom is -0.663 e. The van der Waals surface area contributed by atoms with Crippen molar-refractivity contribution < 1.29 is 30.8 Å². The van der Waals surface area contributed by atoms with Gasteiger partial charge in [0.1, 0.15) is 0 Å². The second-order valence-corrected chi connectivity index (χ2v) is 11.5. The Morgan fingerprint density at radius 1 is 1.00 bits per heavy atom. The van der Waals surface area contributed by atoms with Crippen LogP contribution in [0.1, 0.15) is 133 Å². The molecule has 5 heterocycles. The van der Waals surface area contributed by atoms with Crippen LogP contribution in [-0.4, -0.2) is 28.8 Å². The molecule has 2 aromatic rings. The largest absolute Gasteiger partial charge is 2.00 e. The van der Waals surface area contributed by atoms with E-state index in [1.54, 1.807) is 0 Å². The number of rotatable bonds is 3. The van der Waals surface area contributed by atoms with Crippen molar-refractivity contribution in [2.24, 2.45) is 0 Å². The van der Waals surface area contributed by atoms with Gasteiger partial charge in [-0.2, -0.15) is 5.69 Å². The number of Topliss-reactive ketones (excluding diaryl/α,β-unsaturated/α-hetero) is 1. The van der Waals surface area contributed by atoms with E-state index in [0.717, 1.165) is 75.5 Å². The normalized spacial score (nSPS) is 22.4. The van der Waals surface area contributed by atoms with Gasteiger partial charge in [-0.25, -0.2) is 4.98 Å². The SMILES string of the molecule is CCC1=C(C)c2cc3[n-]c(cc4nc5c(c6[n-]c(cc1n2)C(C)C6C(=O)OC)C(=O)CC[C@H]5[C@@H]4C)c(C)c3CC.[Ni+2]. The molecule has 0 saturated heterocycles. The van der Waals surface area contributed by atoms with Crippen molar-refractivity contribution in [3.8, 4) is 0 Å². The van der Waals surface area contributed by atoms with Gasteiger partial charge in [-0.15, -0.1) is 16.7 Å². The summed E-state index contributed by atoms with van der Waals surface area (Å²) in [6.07, 6.45) is 2.83. The Morgan fingerprint density at radius 3 is 2.44 bits per heavy atom. The summed E-state index contributed by atoms with van der Waals surface area (Å²) in [5.74, 6) is -1.10. The van der Waals surface area contributed by atoms with Crippen molar-refractivity contribution in [3.05, 3.63) is 69.1 Å². The Kier molecular flexibility index (Phi) is 7.75. The minimum absolute atomic E-state index is 0. The molecular weight excluding hydrogens is 559 g/mol. The molecule has 8 heteroatoms. The molecular formula is C33H36N4NiO3. The molecule has 4 aliphatic rings. The Labute approximate surface area is 251 Å². The summed E-state index contributed by atoms with van der Waals surface area (Å²) in [6.45, 7) is 12.7. The number of carbonyl (C=O) groups is 2. The fourth-order valence-electron chi connectivity index (χ4n) is 7.00. The summed E-state index contributed by atoms with van der Waals surface area (Å²) in [6, 6.07) is 6.19. The first-order valence-electron chi connectivity index (χ1n) is 14.4. The van der Waals surface area contributed by atoms with E-state index in [-0.39, 0.29) is 46.0 Å². The molecule has 2 aromatic heterocycles. The Morgan fingerprint density at radius 2 is 1.76 bits per heavy atom. The zero-order valence-corrected chi connectivity index (χ0v) is 25.7. The maximum Gasteiger partial charge on any atom is 2.00 e. The third-order valence-electron chi connectivity index (χ3n) is 9.43. The van der Waals surface area contributed by atoms with Crippen LogP contribution in [0.3, 0.4) is 0 Å². The van der Waals surface area contributed by atoms with E-state index in [2.05, 4.69) is 46.8 Å². The number of aryl methyl sites for hydroxylation is 2. The summed E-state index contributed by atoms with van der Waals surface area (Å²) in [4.78, 5) is 47.0. The molecule has 41 heavy (non-hydrogen) atoms. The molecule has 4 atom stereocenters. The minimum atomic E-state index is -0.670. The molecule has 6 rings (SSSR count). The van der Waals surface area contributed by atoms with E-state index in [9.17, 15) is 9.59 Å². The van der Waals surface area contributed by atoms with E-state index in [1.165, 1.54) is 12.7 Å². The van der Waals surface area contributed by atoms with E-state index in [0.29, 0.717) is 17.7 Å². The van der Waals surface area contributed by atoms with Crippen LogP contribution in [-0.2, 0) is 32.4 Å². The number of ether oxygens (including phenoxy) is 1. The second-order valence-electron chi connectivity index (χ2n) is 11.5. The predicted octanol–water partition coefficient (Wildman–Crippen LogP) is 6.43. The zero-order chi connectivity index (χ0) is 28.5. The van der Waals surface area contributed by atoms with Crippen molar-refractivity contribution in [1.29, 1.82) is 0 Å². The van der Waals surface area contributed by atoms with Gasteiger partial charge < -0.3 is 14.7 Å². The number of fused-ring (bicyclic) bond motifs is 8. The van der Waals surface area contributed by atoms with Crippen molar-refractivity contribution in [2.45, 2.75) is 90.9 Å². The number of methoxy groups -OCH3 is 1. The van der Waals surface area contributed by atoms with Crippen molar-refractivity contribution in [1.82, 2.24) is 19.9 Å². The van der Waals surface area contributed by atoms with Gasteiger partial charge >= 0.3 is 22.5 Å². The molecule has 216 valence electrons. The fourth-order valence-corrected chi connectivity index (χ4v) is 7.00. The molecule has 8 bridgehead atoms. The van der Waals surface area contributed by atoms with Crippen LogP contribution < -0.4 is 9.97 Å². The average Bonchev–Trinajstić information content (AvgIpc) is 3.61. The number of esters is 1. The van der Waals surface area contributed by atoms with E-state index in [1.807, 2.05) is 13.0 Å². The Balaban J connectivity index is 0.00000337. The number of aromatic nitrogens is 4. The first kappa shape index (κ1) is 29.3. The van der Waals surface area contributed by atoms with E-state index < -0.39 is 5.92 Å². The Hall–Kier alpha value is -3.25. The molecule has 0 radical (unpaired) electrons. The molecule has 7 nitrogen and oxygen atoms in total. The summed E-state index contributed by atoms with van der Waals surface area (Å²) in [7, 11) is 1.39. The third kappa shape index (κ3) is 4.46. The van der Waals surface area contributed by atoms with Gasteiger partial charge in [0.25, 0.3) is 0 Å². The zero-order valence-electron chi connectivity index (χ0n) is 24.7. The van der Waals surface area contributed by atoms with E-state index >= 15 is 0 Å². The van der Waals surface area contributed by atoms with Gasteiger partial charge in [0.2, 0.25) is 0 Å². The predicted molar refractivity (Wildman–Crippen MR) is 155 cm³/mol. The molecule has 0 N–H and O–H groups in total. The first-order chi connectivity index (χ1) is 19.2. The summed E-state index contributed by atoms with van der Waals surface area (Å²) >= 11 is 0. The van der Waals surface area contributed by atoms with E-state index in [4.69, 9.17) is 24.7 Å². The maximum absolute atomic E-state index is 13.6. The number of nitrogens with zero attached hydrogens (tertiary/aromatic N) is 4. The van der Waals surface area contributed by atoms with Crippen molar-refractivity contribution in [2.75, 3.05) is 7.11 Å². The van der Waals surface area contributed by atoms with Crippen LogP contribution in [0, 0.1) is 6.92 Å². The van der Waals surface area contributed by atoms with Gasteiger partial charge in [0, 0.05) is 29.5 Å². The number of hydrogen-bond donors (Lipinski definition) is 0. The average molecular weight is 595 g/mol. The number of ketones is 1. The van der Waals surface area contributed by atoms with Crippen molar-refractivity contribution in [3.63, 3.8) is 0 Å². The van der Waals surface area contributed by atoms with Crippen LogP contribution in [0.5, 0.6) is 0 Å². The number of hydrogen-bond acceptors (Lipinski definition) is 5. The standard InChI is InChI=1S/C33H37N4O3.Ni/c1-8-19-15(3)22-12-24-17(5)21-10-11-28(38)30(31(21)36-24)32-29(33(39)40-7)18(6)25(37-32)14-27-20(9-2)16(4)23(35-27)13-26(19)34-22;/h12-14,17-18,21,29H,8-11H2,1-7H3,(H-,34,35,36,37,38);/q-1;+2/p-1/t17-,18?,21-,29?;/m0./s1. The topological polar surface area (TPSA) is 97.4 Å². The summed E-state index contributed by atoms with van der Waals surface area (Å²) < 4.78 is 5.24. The van der Waals surface area contributed by atoms with Crippen LogP contribution in [0.2, 0.25) is 0 Å². The Bertz CT molecular complexity index is 1680. The second kappa shape index (κ2) is 10.9. The maximum atomic E-state index is 13.6. The van der Waals surface area contributed by atoms with Crippen molar-refractivity contribution >= 4 is 33.9 Å². The van der Waals surface area contributed by atoms with Gasteiger partial charge in [-0.05, 0) is 50.2 Å². The molecule has 1 aliphatic carbocycles.